The Bertz CT molecular complexity index is 413. The Labute approximate surface area is 123 Å². The minimum absolute atomic E-state index is 0.0390. The van der Waals surface area contributed by atoms with Crippen molar-refractivity contribution in [3.8, 4) is 0 Å². The van der Waals surface area contributed by atoms with E-state index < -0.39 is 29.4 Å². The van der Waals surface area contributed by atoms with Gasteiger partial charge in [0.05, 0.1) is 25.9 Å². The number of nitrogens with one attached hydrogen (secondary N) is 1. The molecule has 0 aliphatic carbocycles. The van der Waals surface area contributed by atoms with E-state index in [-0.39, 0.29) is 26.4 Å². The predicted octanol–water partition coefficient (Wildman–Crippen LogP) is 0.0707. The Morgan fingerprint density at radius 3 is 2.62 bits per heavy atom. The summed E-state index contributed by atoms with van der Waals surface area (Å²) < 4.78 is 9.96. The third-order valence-electron chi connectivity index (χ3n) is 3.54. The Kier molecular flexibility index (Phi) is 5.95. The molecule has 8 nitrogen and oxygen atoms in total. The zero-order valence-corrected chi connectivity index (χ0v) is 12.5. The molecule has 0 aromatic carbocycles. The highest BCUT2D eigenvalue weighted by Crippen LogP contribution is 2.28. The summed E-state index contributed by atoms with van der Waals surface area (Å²) in [6, 6.07) is -1.15. The third-order valence-corrected chi connectivity index (χ3v) is 3.54. The lowest BCUT2D eigenvalue weighted by atomic mass is 9.85. The van der Waals surface area contributed by atoms with Crippen LogP contribution < -0.4 is 5.32 Å². The third kappa shape index (κ3) is 4.07. The van der Waals surface area contributed by atoms with E-state index in [9.17, 15) is 19.5 Å². The van der Waals surface area contributed by atoms with Crippen LogP contribution in [0.3, 0.4) is 0 Å². The molecule has 0 spiro atoms. The Morgan fingerprint density at radius 1 is 1.43 bits per heavy atom. The molecule has 2 amide bonds. The molecule has 1 saturated heterocycles. The van der Waals surface area contributed by atoms with Gasteiger partial charge in [-0.1, -0.05) is 0 Å². The summed E-state index contributed by atoms with van der Waals surface area (Å²) >= 11 is 0. The normalized spacial score (nSPS) is 24.4. The molecule has 1 aliphatic heterocycles. The molecule has 1 heterocycles. The number of esters is 1. The zero-order valence-electron chi connectivity index (χ0n) is 12.5. The lowest BCUT2D eigenvalue weighted by molar-refractivity contribution is -0.149. The topological polar surface area (TPSA) is 105 Å². The molecule has 1 aliphatic rings. The summed E-state index contributed by atoms with van der Waals surface area (Å²) in [6.07, 6.45) is 0. The van der Waals surface area contributed by atoms with Crippen LogP contribution in [0.2, 0.25) is 0 Å². The smallest absolute Gasteiger partial charge is 0.325 e. The average Bonchev–Trinajstić information content (AvgIpc) is 2.79. The minimum Gasteiger partial charge on any atom is -0.481 e. The van der Waals surface area contributed by atoms with E-state index in [1.165, 1.54) is 11.8 Å². The number of urea groups is 1. The first kappa shape index (κ1) is 17.2. The second-order valence-corrected chi connectivity index (χ2v) is 5.06. The molecule has 2 unspecified atom stereocenters. The first-order chi connectivity index (χ1) is 9.85. The number of hydrogen-bond acceptors (Lipinski definition) is 5. The van der Waals surface area contributed by atoms with Gasteiger partial charge in [-0.05, 0) is 20.8 Å². The second-order valence-electron chi connectivity index (χ2n) is 5.06. The van der Waals surface area contributed by atoms with Crippen molar-refractivity contribution in [2.45, 2.75) is 26.8 Å². The molecule has 1 rings (SSSR count). The van der Waals surface area contributed by atoms with Crippen molar-refractivity contribution < 1.29 is 29.0 Å². The summed E-state index contributed by atoms with van der Waals surface area (Å²) in [5.41, 5.74) is -1.17. The summed E-state index contributed by atoms with van der Waals surface area (Å²) in [5, 5.41) is 11.9. The highest BCUT2D eigenvalue weighted by atomic mass is 16.5. The molecule has 2 N–H and O–H groups in total. The molecule has 120 valence electrons. The number of carboxylic acids is 1. The minimum atomic E-state index is -1.17. The van der Waals surface area contributed by atoms with Crippen molar-refractivity contribution in [2.75, 3.05) is 32.9 Å². The lowest BCUT2D eigenvalue weighted by Gasteiger charge is -2.28. The van der Waals surface area contributed by atoms with Gasteiger partial charge >= 0.3 is 18.0 Å². The van der Waals surface area contributed by atoms with Gasteiger partial charge in [-0.25, -0.2) is 4.79 Å². The number of aliphatic carboxylic acids is 1. The van der Waals surface area contributed by atoms with Crippen LogP contribution in [0.1, 0.15) is 20.8 Å². The number of ether oxygens (including phenoxy) is 2. The number of likely N-dealkylation sites (N-methyl/N-ethyl adjacent to an activating group) is 1. The van der Waals surface area contributed by atoms with Crippen LogP contribution in [0.4, 0.5) is 4.79 Å². The van der Waals surface area contributed by atoms with Crippen molar-refractivity contribution in [1.82, 2.24) is 10.2 Å². The van der Waals surface area contributed by atoms with Crippen molar-refractivity contribution in [2.24, 2.45) is 5.41 Å². The van der Waals surface area contributed by atoms with Gasteiger partial charge in [0.25, 0.3) is 0 Å². The van der Waals surface area contributed by atoms with Crippen molar-refractivity contribution >= 4 is 18.0 Å². The van der Waals surface area contributed by atoms with Crippen molar-refractivity contribution in [3.05, 3.63) is 0 Å². The molecule has 0 saturated carbocycles. The van der Waals surface area contributed by atoms with E-state index >= 15 is 0 Å². The van der Waals surface area contributed by atoms with E-state index in [0.29, 0.717) is 6.54 Å². The standard InChI is InChI=1S/C13H22N2O6/c1-4-15(6-10(16)21-5-2)12(19)14-9-7-20-8-13(9,3)11(17)18/h9H,4-8H2,1-3H3,(H,14,19)(H,17,18). The Hall–Kier alpha value is -1.83. The van der Waals surface area contributed by atoms with Gasteiger partial charge in [-0.3, -0.25) is 9.59 Å². The van der Waals surface area contributed by atoms with Gasteiger partial charge in [0.1, 0.15) is 12.0 Å². The highest BCUT2D eigenvalue weighted by molar-refractivity contribution is 5.82. The van der Waals surface area contributed by atoms with Gasteiger partial charge < -0.3 is 24.8 Å². The molecule has 21 heavy (non-hydrogen) atoms. The van der Waals surface area contributed by atoms with E-state index in [1.807, 2.05) is 0 Å². The fraction of sp³-hybridized carbons (Fsp3) is 0.769. The fourth-order valence-electron chi connectivity index (χ4n) is 2.02. The predicted molar refractivity (Wildman–Crippen MR) is 72.8 cm³/mol. The number of amides is 2. The number of carbonyl (C=O) groups excluding carboxylic acids is 2. The van der Waals surface area contributed by atoms with E-state index in [1.54, 1.807) is 13.8 Å². The maximum absolute atomic E-state index is 12.1. The summed E-state index contributed by atoms with van der Waals surface area (Å²) in [6.45, 7) is 5.47. The quantitative estimate of drug-likeness (QED) is 0.673. The number of nitrogens with zero attached hydrogens (tertiary/aromatic N) is 1. The second kappa shape index (κ2) is 7.26. The van der Waals surface area contributed by atoms with Crippen LogP contribution in [0.25, 0.3) is 0 Å². The summed E-state index contributed by atoms with van der Waals surface area (Å²) in [4.78, 5) is 36.1. The molecule has 2 atom stereocenters. The average molecular weight is 302 g/mol. The maximum atomic E-state index is 12.1. The van der Waals surface area contributed by atoms with Crippen LogP contribution in [0.15, 0.2) is 0 Å². The number of carboxylic acid groups (broad SMARTS) is 1. The lowest BCUT2D eigenvalue weighted by Crippen LogP contribution is -2.54. The Balaban J connectivity index is 2.65. The van der Waals surface area contributed by atoms with E-state index in [0.717, 1.165) is 0 Å². The van der Waals surface area contributed by atoms with Gasteiger partial charge in [0, 0.05) is 6.54 Å². The SMILES string of the molecule is CCOC(=O)CN(CC)C(=O)NC1COCC1(C)C(=O)O. The number of carbonyl (C=O) groups is 3. The first-order valence-electron chi connectivity index (χ1n) is 6.87. The summed E-state index contributed by atoms with van der Waals surface area (Å²) in [7, 11) is 0. The zero-order chi connectivity index (χ0) is 16.0. The van der Waals surface area contributed by atoms with Gasteiger partial charge in [0.15, 0.2) is 0 Å². The molecule has 8 heteroatoms. The van der Waals surface area contributed by atoms with Crippen LogP contribution in [0.5, 0.6) is 0 Å². The Morgan fingerprint density at radius 2 is 2.10 bits per heavy atom. The maximum Gasteiger partial charge on any atom is 0.325 e. The van der Waals surface area contributed by atoms with Gasteiger partial charge in [-0.15, -0.1) is 0 Å². The molecule has 0 aromatic heterocycles. The monoisotopic (exact) mass is 302 g/mol. The van der Waals surface area contributed by atoms with Crippen LogP contribution in [-0.2, 0) is 19.1 Å². The van der Waals surface area contributed by atoms with Crippen LogP contribution in [0, 0.1) is 5.41 Å². The van der Waals surface area contributed by atoms with E-state index in [2.05, 4.69) is 5.32 Å². The van der Waals surface area contributed by atoms with Crippen LogP contribution in [-0.4, -0.2) is 66.9 Å². The fourth-order valence-corrected chi connectivity index (χ4v) is 2.02. The molecule has 1 fully saturated rings. The summed E-state index contributed by atoms with van der Waals surface area (Å²) in [5.74, 6) is -1.53. The molecule has 0 radical (unpaired) electrons. The van der Waals surface area contributed by atoms with Crippen molar-refractivity contribution in [3.63, 3.8) is 0 Å². The first-order valence-corrected chi connectivity index (χ1v) is 6.87. The van der Waals surface area contributed by atoms with E-state index in [4.69, 9.17) is 9.47 Å². The van der Waals surface area contributed by atoms with Crippen molar-refractivity contribution in [1.29, 1.82) is 0 Å². The molecule has 0 aromatic rings. The number of hydrogen-bond donors (Lipinski definition) is 2. The molecular formula is C13H22N2O6. The largest absolute Gasteiger partial charge is 0.481 e. The molecule has 0 bridgehead atoms. The van der Waals surface area contributed by atoms with Gasteiger partial charge in [-0.2, -0.15) is 0 Å². The highest BCUT2D eigenvalue weighted by Gasteiger charge is 2.47. The van der Waals surface area contributed by atoms with Crippen LogP contribution >= 0.6 is 0 Å². The number of rotatable bonds is 6. The molecular weight excluding hydrogens is 280 g/mol. The van der Waals surface area contributed by atoms with Gasteiger partial charge in [0.2, 0.25) is 0 Å².